The van der Waals surface area contributed by atoms with Crippen molar-refractivity contribution in [2.45, 2.75) is 13.1 Å². The molecule has 0 saturated heterocycles. The molecule has 4 aromatic rings. The molecular weight excluding hydrogens is 453 g/mol. The Balaban J connectivity index is 1.66. The molecule has 2 amide bonds. The molecule has 0 aliphatic carbocycles. The Hall–Kier alpha value is -4.35. The van der Waals surface area contributed by atoms with Crippen LogP contribution in [0.25, 0.3) is 28.2 Å². The summed E-state index contributed by atoms with van der Waals surface area (Å²) in [6, 6.07) is 10.8. The summed E-state index contributed by atoms with van der Waals surface area (Å²) in [5.74, 6) is 0. The van der Waals surface area contributed by atoms with Gasteiger partial charge in [0, 0.05) is 24.4 Å². The number of anilines is 1. The van der Waals surface area contributed by atoms with Gasteiger partial charge in [0.05, 0.1) is 29.0 Å². The number of fused-ring (bicyclic) bond motifs is 1. The van der Waals surface area contributed by atoms with Crippen molar-refractivity contribution >= 4 is 23.8 Å². The summed E-state index contributed by atoms with van der Waals surface area (Å²) in [6.45, 7) is 0.287. The number of pyridine rings is 1. The maximum atomic E-state index is 12.5. The number of alkyl halides is 3. The quantitative estimate of drug-likeness (QED) is 0.340. The first-order chi connectivity index (χ1) is 16.2. The number of aromatic nitrogens is 4. The fourth-order valence-corrected chi connectivity index (χ4v) is 3.54. The van der Waals surface area contributed by atoms with E-state index in [9.17, 15) is 22.8 Å². The van der Waals surface area contributed by atoms with Gasteiger partial charge in [-0.05, 0) is 37.3 Å². The minimum absolute atomic E-state index is 0.0459. The Morgan fingerprint density at radius 1 is 1.18 bits per heavy atom. The normalized spacial score (nSPS) is 11.4. The number of hydrogen-bond donors (Lipinski definition) is 1. The Bertz CT molecular complexity index is 1360. The van der Waals surface area contributed by atoms with E-state index >= 15 is 0 Å². The van der Waals surface area contributed by atoms with Crippen LogP contribution in [-0.4, -0.2) is 44.4 Å². The molecule has 4 rings (SSSR count). The molecule has 3 heterocycles. The number of amides is 2. The van der Waals surface area contributed by atoms with Crippen LogP contribution in [-0.2, 0) is 16.7 Å². The van der Waals surface area contributed by atoms with Gasteiger partial charge in [-0.2, -0.15) is 18.3 Å². The molecule has 0 saturated carbocycles. The van der Waals surface area contributed by atoms with E-state index < -0.39 is 18.8 Å². The highest BCUT2D eigenvalue weighted by atomic mass is 19.4. The second kappa shape index (κ2) is 8.89. The fourth-order valence-electron chi connectivity index (χ4n) is 3.54. The molecule has 0 aliphatic rings. The maximum Gasteiger partial charge on any atom is 0.405 e. The molecule has 176 valence electrons. The van der Waals surface area contributed by atoms with E-state index in [2.05, 4.69) is 14.9 Å². The van der Waals surface area contributed by atoms with Gasteiger partial charge < -0.3 is 10.2 Å². The van der Waals surface area contributed by atoms with Crippen molar-refractivity contribution < 1.29 is 27.6 Å². The third-order valence-corrected chi connectivity index (χ3v) is 4.96. The van der Waals surface area contributed by atoms with Crippen LogP contribution in [0.2, 0.25) is 0 Å². The first-order valence-electron chi connectivity index (χ1n) is 10.00. The molecule has 0 fully saturated rings. The predicted molar refractivity (Wildman–Crippen MR) is 117 cm³/mol. The van der Waals surface area contributed by atoms with E-state index in [0.29, 0.717) is 22.0 Å². The van der Waals surface area contributed by atoms with Crippen LogP contribution in [0.15, 0.2) is 54.9 Å². The van der Waals surface area contributed by atoms with Crippen LogP contribution < -0.4 is 10.4 Å². The number of aryl methyl sites for hydroxylation is 2. The van der Waals surface area contributed by atoms with Crippen molar-refractivity contribution in [1.82, 2.24) is 24.5 Å². The number of carbonyl (C=O) groups excluding carboxylic acids is 2. The van der Waals surface area contributed by atoms with Crippen molar-refractivity contribution in [2.75, 3.05) is 11.6 Å². The van der Waals surface area contributed by atoms with Gasteiger partial charge in [-0.25, -0.2) is 9.78 Å². The summed E-state index contributed by atoms with van der Waals surface area (Å²) in [6.07, 6.45) is -1.16. The minimum atomic E-state index is -4.62. The van der Waals surface area contributed by atoms with Crippen molar-refractivity contribution in [1.29, 1.82) is 0 Å². The predicted octanol–water partition coefficient (Wildman–Crippen LogP) is 3.88. The first-order valence-corrected chi connectivity index (χ1v) is 10.00. The number of urea groups is 1. The molecule has 9 nitrogen and oxygen atoms in total. The Morgan fingerprint density at radius 3 is 2.62 bits per heavy atom. The molecule has 0 atom stereocenters. The number of nitrogens with zero attached hydrogens (tertiary/aromatic N) is 5. The Kier molecular flexibility index (Phi) is 5.97. The molecular formula is C22H19F3N6O3. The lowest BCUT2D eigenvalue weighted by molar-refractivity contribution is -0.129. The monoisotopic (exact) mass is 472 g/mol. The molecule has 1 N–H and O–H groups in total. The SMILES string of the molecule is Cc1cc(-c2ccn3c(-c4cccc(N(OC=O)C(=O)NCC(F)(F)F)c4)cnc3c2)n(C)n1. The lowest BCUT2D eigenvalue weighted by Crippen LogP contribution is -2.43. The van der Waals surface area contributed by atoms with Crippen molar-refractivity contribution in [3.05, 3.63) is 60.6 Å². The summed E-state index contributed by atoms with van der Waals surface area (Å²) in [4.78, 5) is 32.2. The van der Waals surface area contributed by atoms with E-state index in [0.717, 1.165) is 17.0 Å². The van der Waals surface area contributed by atoms with E-state index in [1.165, 1.54) is 12.1 Å². The minimum Gasteiger partial charge on any atom is -0.335 e. The number of rotatable bonds is 6. The Morgan fingerprint density at radius 2 is 1.94 bits per heavy atom. The summed E-state index contributed by atoms with van der Waals surface area (Å²) < 4.78 is 41.0. The van der Waals surface area contributed by atoms with Gasteiger partial charge in [0.1, 0.15) is 12.2 Å². The molecule has 0 spiro atoms. The van der Waals surface area contributed by atoms with Crippen LogP contribution in [0.3, 0.4) is 0 Å². The zero-order chi connectivity index (χ0) is 24.5. The van der Waals surface area contributed by atoms with Gasteiger partial charge in [-0.15, -0.1) is 5.06 Å². The average molecular weight is 472 g/mol. The molecule has 3 aromatic heterocycles. The van der Waals surface area contributed by atoms with Gasteiger partial charge in [0.25, 0.3) is 0 Å². The van der Waals surface area contributed by atoms with Crippen LogP contribution in [0.5, 0.6) is 0 Å². The number of benzene rings is 1. The molecule has 12 heteroatoms. The van der Waals surface area contributed by atoms with Crippen molar-refractivity contribution in [3.63, 3.8) is 0 Å². The van der Waals surface area contributed by atoms with Crippen LogP contribution in [0.1, 0.15) is 5.69 Å². The molecule has 0 radical (unpaired) electrons. The summed E-state index contributed by atoms with van der Waals surface area (Å²) in [5.41, 5.74) is 4.71. The summed E-state index contributed by atoms with van der Waals surface area (Å²) in [7, 11) is 1.85. The fraction of sp³-hybridized carbons (Fsp3) is 0.182. The van der Waals surface area contributed by atoms with Crippen molar-refractivity contribution in [3.8, 4) is 22.5 Å². The number of imidazole rings is 1. The van der Waals surface area contributed by atoms with Crippen LogP contribution >= 0.6 is 0 Å². The number of hydroxylamine groups is 1. The van der Waals surface area contributed by atoms with Crippen molar-refractivity contribution in [2.24, 2.45) is 7.05 Å². The smallest absolute Gasteiger partial charge is 0.335 e. The topological polar surface area (TPSA) is 93.8 Å². The van der Waals surface area contributed by atoms with Crippen LogP contribution in [0.4, 0.5) is 23.7 Å². The molecule has 0 aliphatic heterocycles. The third kappa shape index (κ3) is 4.70. The van der Waals surface area contributed by atoms with Gasteiger partial charge in [-0.1, -0.05) is 12.1 Å². The van der Waals surface area contributed by atoms with E-state index in [1.807, 2.05) is 42.8 Å². The maximum absolute atomic E-state index is 12.5. The molecule has 0 bridgehead atoms. The summed E-state index contributed by atoms with van der Waals surface area (Å²) in [5, 5.41) is 6.48. The third-order valence-electron chi connectivity index (χ3n) is 4.96. The average Bonchev–Trinajstić information content (AvgIpc) is 3.37. The van der Waals surface area contributed by atoms with E-state index in [4.69, 9.17) is 0 Å². The number of carbonyl (C=O) groups is 2. The Labute approximate surface area is 191 Å². The van der Waals surface area contributed by atoms with Crippen LogP contribution in [0, 0.1) is 6.92 Å². The van der Waals surface area contributed by atoms with Gasteiger partial charge in [0.15, 0.2) is 0 Å². The number of nitrogens with one attached hydrogen (secondary N) is 1. The van der Waals surface area contributed by atoms with Gasteiger partial charge in [-0.3, -0.25) is 13.9 Å². The lowest BCUT2D eigenvalue weighted by atomic mass is 10.1. The molecule has 0 unspecified atom stereocenters. The van der Waals surface area contributed by atoms with Gasteiger partial charge in [0.2, 0.25) is 0 Å². The standard InChI is InChI=1S/C22H19F3N6O3/c1-14-8-18(29(2)28-14)16-6-7-30-19(11-26-20(30)10-16)15-4-3-5-17(9-15)31(34-13-32)21(33)27-12-22(23,24)25/h3-11,13H,12H2,1-2H3,(H,27,33). The first kappa shape index (κ1) is 22.8. The zero-order valence-electron chi connectivity index (χ0n) is 18.1. The molecule has 1 aromatic carbocycles. The highest BCUT2D eigenvalue weighted by Gasteiger charge is 2.30. The largest absolute Gasteiger partial charge is 0.405 e. The number of hydrogen-bond acceptors (Lipinski definition) is 5. The van der Waals surface area contributed by atoms with Gasteiger partial charge >= 0.3 is 18.7 Å². The summed E-state index contributed by atoms with van der Waals surface area (Å²) >= 11 is 0. The van der Waals surface area contributed by atoms with E-state index in [-0.39, 0.29) is 12.2 Å². The highest BCUT2D eigenvalue weighted by molar-refractivity contribution is 5.91. The lowest BCUT2D eigenvalue weighted by Gasteiger charge is -2.20. The second-order valence-electron chi connectivity index (χ2n) is 7.40. The zero-order valence-corrected chi connectivity index (χ0v) is 18.1. The second-order valence-corrected chi connectivity index (χ2v) is 7.40. The van der Waals surface area contributed by atoms with E-state index in [1.54, 1.807) is 28.3 Å². The molecule has 34 heavy (non-hydrogen) atoms. The number of halogens is 3. The highest BCUT2D eigenvalue weighted by Crippen LogP contribution is 2.28.